The van der Waals surface area contributed by atoms with Crippen LogP contribution in [0, 0.1) is 13.8 Å². The number of ether oxygens (including phenoxy) is 2. The lowest BCUT2D eigenvalue weighted by Crippen LogP contribution is -2.26. The molecule has 0 radical (unpaired) electrons. The van der Waals surface area contributed by atoms with Crippen molar-refractivity contribution < 1.29 is 18.7 Å². The SMILES string of the molecule is COc1cccc(CN(C)C(=O)c2cc(C)oc2C)c1OC. The zero-order valence-electron chi connectivity index (χ0n) is 13.6. The van der Waals surface area contributed by atoms with E-state index in [-0.39, 0.29) is 5.91 Å². The Morgan fingerprint density at radius 2 is 1.95 bits per heavy atom. The standard InChI is InChI=1S/C17H21NO4/c1-11-9-14(12(2)22-11)17(19)18(3)10-13-7-6-8-15(20-4)16(13)21-5/h6-9H,10H2,1-5H3. The Labute approximate surface area is 130 Å². The fraction of sp³-hybridized carbons (Fsp3) is 0.353. The Morgan fingerprint density at radius 1 is 1.23 bits per heavy atom. The molecule has 0 unspecified atom stereocenters. The summed E-state index contributed by atoms with van der Waals surface area (Å²) in [7, 11) is 4.93. The molecule has 1 aromatic carbocycles. The molecule has 0 saturated carbocycles. The Kier molecular flexibility index (Phi) is 4.75. The summed E-state index contributed by atoms with van der Waals surface area (Å²) in [6.45, 7) is 4.04. The Balaban J connectivity index is 2.23. The summed E-state index contributed by atoms with van der Waals surface area (Å²) < 4.78 is 16.1. The molecule has 0 bridgehead atoms. The lowest BCUT2D eigenvalue weighted by atomic mass is 10.1. The number of benzene rings is 1. The largest absolute Gasteiger partial charge is 0.493 e. The summed E-state index contributed by atoms with van der Waals surface area (Å²) in [5.74, 6) is 2.57. The normalized spacial score (nSPS) is 10.4. The van der Waals surface area contributed by atoms with E-state index in [1.165, 1.54) is 0 Å². The zero-order valence-corrected chi connectivity index (χ0v) is 13.6. The van der Waals surface area contributed by atoms with Crippen molar-refractivity contribution >= 4 is 5.91 Å². The minimum absolute atomic E-state index is 0.0841. The number of carbonyl (C=O) groups excluding carboxylic acids is 1. The van der Waals surface area contributed by atoms with Gasteiger partial charge in [-0.1, -0.05) is 12.1 Å². The van der Waals surface area contributed by atoms with Gasteiger partial charge in [-0.2, -0.15) is 0 Å². The number of aryl methyl sites for hydroxylation is 2. The van der Waals surface area contributed by atoms with Crippen molar-refractivity contribution in [2.24, 2.45) is 0 Å². The van der Waals surface area contributed by atoms with Crippen LogP contribution >= 0.6 is 0 Å². The van der Waals surface area contributed by atoms with Crippen LogP contribution in [0.25, 0.3) is 0 Å². The van der Waals surface area contributed by atoms with E-state index in [4.69, 9.17) is 13.9 Å². The molecule has 1 amide bonds. The third-order valence-corrected chi connectivity index (χ3v) is 3.51. The number of amides is 1. The van der Waals surface area contributed by atoms with Crippen LogP contribution in [0.2, 0.25) is 0 Å². The summed E-state index contributed by atoms with van der Waals surface area (Å²) in [4.78, 5) is 14.2. The summed E-state index contributed by atoms with van der Waals surface area (Å²) in [5, 5.41) is 0. The zero-order chi connectivity index (χ0) is 16.3. The van der Waals surface area contributed by atoms with E-state index in [0.717, 1.165) is 11.3 Å². The van der Waals surface area contributed by atoms with Gasteiger partial charge >= 0.3 is 0 Å². The van der Waals surface area contributed by atoms with Gasteiger partial charge in [0.25, 0.3) is 5.91 Å². The molecule has 0 fully saturated rings. The lowest BCUT2D eigenvalue weighted by molar-refractivity contribution is 0.0782. The molecule has 2 rings (SSSR count). The molecule has 1 aromatic heterocycles. The highest BCUT2D eigenvalue weighted by atomic mass is 16.5. The highest BCUT2D eigenvalue weighted by Crippen LogP contribution is 2.31. The van der Waals surface area contributed by atoms with Crippen LogP contribution in [0.15, 0.2) is 28.7 Å². The second-order valence-electron chi connectivity index (χ2n) is 5.14. The highest BCUT2D eigenvalue weighted by molar-refractivity contribution is 5.95. The molecular weight excluding hydrogens is 282 g/mol. The van der Waals surface area contributed by atoms with Crippen LogP contribution in [0.3, 0.4) is 0 Å². The molecule has 22 heavy (non-hydrogen) atoms. The van der Waals surface area contributed by atoms with Gasteiger partial charge in [0.05, 0.1) is 19.8 Å². The van der Waals surface area contributed by atoms with Crippen molar-refractivity contribution in [1.29, 1.82) is 0 Å². The van der Waals surface area contributed by atoms with Crippen molar-refractivity contribution in [3.63, 3.8) is 0 Å². The van der Waals surface area contributed by atoms with Crippen LogP contribution in [-0.2, 0) is 6.54 Å². The van der Waals surface area contributed by atoms with Gasteiger partial charge in [0.2, 0.25) is 0 Å². The van der Waals surface area contributed by atoms with Crippen molar-refractivity contribution in [2.45, 2.75) is 20.4 Å². The fourth-order valence-corrected chi connectivity index (χ4v) is 2.45. The topological polar surface area (TPSA) is 51.9 Å². The molecule has 0 aliphatic rings. The van der Waals surface area contributed by atoms with Crippen molar-refractivity contribution in [3.05, 3.63) is 46.9 Å². The smallest absolute Gasteiger partial charge is 0.257 e. The number of rotatable bonds is 5. The summed E-state index contributed by atoms with van der Waals surface area (Å²) >= 11 is 0. The van der Waals surface area contributed by atoms with Crippen LogP contribution in [0.4, 0.5) is 0 Å². The number of carbonyl (C=O) groups is 1. The van der Waals surface area contributed by atoms with E-state index in [9.17, 15) is 4.79 Å². The van der Waals surface area contributed by atoms with Crippen LogP contribution in [0.5, 0.6) is 11.5 Å². The average Bonchev–Trinajstić information content (AvgIpc) is 2.84. The van der Waals surface area contributed by atoms with E-state index in [1.807, 2.05) is 25.1 Å². The molecule has 0 spiro atoms. The maximum Gasteiger partial charge on any atom is 0.257 e. The van der Waals surface area contributed by atoms with Gasteiger partial charge in [0.1, 0.15) is 11.5 Å². The maximum atomic E-state index is 12.5. The number of methoxy groups -OCH3 is 2. The molecule has 0 aliphatic carbocycles. The van der Waals surface area contributed by atoms with Gasteiger partial charge in [-0.15, -0.1) is 0 Å². The molecule has 5 heteroatoms. The van der Waals surface area contributed by atoms with Gasteiger partial charge in [0.15, 0.2) is 11.5 Å². The lowest BCUT2D eigenvalue weighted by Gasteiger charge is -2.19. The molecule has 5 nitrogen and oxygen atoms in total. The van der Waals surface area contributed by atoms with Crippen LogP contribution in [0.1, 0.15) is 27.4 Å². The minimum Gasteiger partial charge on any atom is -0.493 e. The van der Waals surface area contributed by atoms with Gasteiger partial charge in [-0.3, -0.25) is 4.79 Å². The quantitative estimate of drug-likeness (QED) is 0.851. The fourth-order valence-electron chi connectivity index (χ4n) is 2.45. The van der Waals surface area contributed by atoms with Crippen molar-refractivity contribution in [2.75, 3.05) is 21.3 Å². The number of hydrogen-bond donors (Lipinski definition) is 0. The maximum absolute atomic E-state index is 12.5. The molecule has 0 aliphatic heterocycles. The minimum atomic E-state index is -0.0841. The molecule has 0 saturated heterocycles. The van der Waals surface area contributed by atoms with Crippen LogP contribution in [-0.4, -0.2) is 32.1 Å². The first-order valence-corrected chi connectivity index (χ1v) is 7.00. The summed E-state index contributed by atoms with van der Waals surface area (Å²) in [6.07, 6.45) is 0. The van der Waals surface area contributed by atoms with E-state index in [1.54, 1.807) is 39.2 Å². The third kappa shape index (κ3) is 3.08. The third-order valence-electron chi connectivity index (χ3n) is 3.51. The summed E-state index contributed by atoms with van der Waals surface area (Å²) in [5.41, 5.74) is 1.47. The van der Waals surface area contributed by atoms with Gasteiger partial charge in [-0.05, 0) is 26.0 Å². The number of hydrogen-bond acceptors (Lipinski definition) is 4. The molecule has 0 N–H and O–H groups in total. The van der Waals surface area contributed by atoms with E-state index >= 15 is 0 Å². The Morgan fingerprint density at radius 3 is 2.50 bits per heavy atom. The Bertz CT molecular complexity index is 675. The van der Waals surface area contributed by atoms with Gasteiger partial charge in [0, 0.05) is 19.2 Å². The Hall–Kier alpha value is -2.43. The number of furan rings is 1. The van der Waals surface area contributed by atoms with Gasteiger partial charge in [-0.25, -0.2) is 0 Å². The van der Waals surface area contributed by atoms with Crippen LogP contribution < -0.4 is 9.47 Å². The summed E-state index contributed by atoms with van der Waals surface area (Å²) in [6, 6.07) is 7.38. The van der Waals surface area contributed by atoms with Crippen molar-refractivity contribution in [1.82, 2.24) is 4.90 Å². The second kappa shape index (κ2) is 6.56. The first-order valence-electron chi connectivity index (χ1n) is 7.00. The highest BCUT2D eigenvalue weighted by Gasteiger charge is 2.19. The monoisotopic (exact) mass is 303 g/mol. The second-order valence-corrected chi connectivity index (χ2v) is 5.14. The first kappa shape index (κ1) is 15.9. The average molecular weight is 303 g/mol. The molecule has 2 aromatic rings. The predicted octanol–water partition coefficient (Wildman–Crippen LogP) is 3.19. The van der Waals surface area contributed by atoms with E-state index in [2.05, 4.69) is 0 Å². The van der Waals surface area contributed by atoms with Gasteiger partial charge < -0.3 is 18.8 Å². The van der Waals surface area contributed by atoms with Crippen molar-refractivity contribution in [3.8, 4) is 11.5 Å². The molecule has 0 atom stereocenters. The van der Waals surface area contributed by atoms with E-state index < -0.39 is 0 Å². The van der Waals surface area contributed by atoms with E-state index in [0.29, 0.717) is 29.4 Å². The molecular formula is C17H21NO4. The first-order chi connectivity index (χ1) is 10.5. The molecule has 118 valence electrons. The number of nitrogens with zero attached hydrogens (tertiary/aromatic N) is 1. The predicted molar refractivity (Wildman–Crippen MR) is 83.5 cm³/mol. The number of para-hydroxylation sites is 1. The molecule has 1 heterocycles.